The van der Waals surface area contributed by atoms with Crippen LogP contribution in [0.5, 0.6) is 5.75 Å². The van der Waals surface area contributed by atoms with Gasteiger partial charge in [-0.15, -0.1) is 0 Å². The lowest BCUT2D eigenvalue weighted by Gasteiger charge is -2.22. The van der Waals surface area contributed by atoms with Crippen molar-refractivity contribution in [3.05, 3.63) is 28.2 Å². The number of hydrogen-bond acceptors (Lipinski definition) is 3. The molecule has 1 aromatic carbocycles. The smallest absolute Gasteiger partial charge is 0.387 e. The molecular formula is C14H18BrF2NO2. The molecule has 0 atom stereocenters. The Morgan fingerprint density at radius 2 is 2.05 bits per heavy atom. The fraction of sp³-hybridized carbons (Fsp3) is 0.571. The molecule has 0 radical (unpaired) electrons. The Balaban J connectivity index is 1.95. The molecule has 0 aliphatic heterocycles. The second-order valence-electron chi connectivity index (χ2n) is 5.17. The molecular weight excluding hydrogens is 332 g/mol. The van der Waals surface area contributed by atoms with Crippen LogP contribution in [0, 0.1) is 0 Å². The second kappa shape index (κ2) is 6.83. The zero-order valence-electron chi connectivity index (χ0n) is 11.0. The number of ether oxygens (including phenoxy) is 1. The molecule has 112 valence electrons. The summed E-state index contributed by atoms with van der Waals surface area (Å²) in [6.45, 7) is -1.99. The van der Waals surface area contributed by atoms with E-state index in [9.17, 15) is 13.9 Å². The van der Waals surface area contributed by atoms with Gasteiger partial charge in [0.15, 0.2) is 0 Å². The van der Waals surface area contributed by atoms with E-state index in [2.05, 4.69) is 26.0 Å². The number of rotatable bonds is 6. The third-order valence-corrected chi connectivity index (χ3v) is 4.04. The van der Waals surface area contributed by atoms with Gasteiger partial charge >= 0.3 is 6.61 Å². The van der Waals surface area contributed by atoms with Gasteiger partial charge in [-0.2, -0.15) is 8.78 Å². The minimum atomic E-state index is -2.84. The molecule has 0 aromatic heterocycles. The molecule has 0 unspecified atom stereocenters. The van der Waals surface area contributed by atoms with Gasteiger partial charge in [-0.25, -0.2) is 0 Å². The maximum absolute atomic E-state index is 12.3. The Hall–Kier alpha value is -0.720. The van der Waals surface area contributed by atoms with E-state index in [0.29, 0.717) is 18.7 Å². The third kappa shape index (κ3) is 4.40. The average Bonchev–Trinajstić information content (AvgIpc) is 2.79. The lowest BCUT2D eigenvalue weighted by molar-refractivity contribution is -0.0505. The van der Waals surface area contributed by atoms with E-state index >= 15 is 0 Å². The van der Waals surface area contributed by atoms with Crippen molar-refractivity contribution in [2.24, 2.45) is 0 Å². The Labute approximate surface area is 125 Å². The van der Waals surface area contributed by atoms with Crippen molar-refractivity contribution >= 4 is 15.9 Å². The van der Waals surface area contributed by atoms with Crippen molar-refractivity contribution in [3.8, 4) is 5.75 Å². The molecule has 1 aliphatic rings. The number of halogens is 3. The SMILES string of the molecule is OC1(CNCc2cc(Br)ccc2OC(F)F)CCCC1. The Bertz CT molecular complexity index is 451. The summed E-state index contributed by atoms with van der Waals surface area (Å²) in [6.07, 6.45) is 3.65. The molecule has 0 saturated heterocycles. The lowest BCUT2D eigenvalue weighted by Crippen LogP contribution is -2.37. The first-order valence-corrected chi connectivity index (χ1v) is 7.44. The molecule has 2 rings (SSSR count). The van der Waals surface area contributed by atoms with E-state index < -0.39 is 12.2 Å². The number of aliphatic hydroxyl groups is 1. The van der Waals surface area contributed by atoms with E-state index in [1.165, 1.54) is 6.07 Å². The van der Waals surface area contributed by atoms with Crippen LogP contribution in [0.2, 0.25) is 0 Å². The van der Waals surface area contributed by atoms with Crippen LogP contribution in [0.4, 0.5) is 8.78 Å². The van der Waals surface area contributed by atoms with Gasteiger partial charge in [0, 0.05) is 23.1 Å². The van der Waals surface area contributed by atoms with Gasteiger partial charge in [0.2, 0.25) is 0 Å². The van der Waals surface area contributed by atoms with Crippen LogP contribution in [0.1, 0.15) is 31.2 Å². The van der Waals surface area contributed by atoms with Gasteiger partial charge in [-0.05, 0) is 31.0 Å². The highest BCUT2D eigenvalue weighted by Crippen LogP contribution is 2.29. The largest absolute Gasteiger partial charge is 0.434 e. The fourth-order valence-corrected chi connectivity index (χ4v) is 2.95. The first kappa shape index (κ1) is 15.7. The highest BCUT2D eigenvalue weighted by atomic mass is 79.9. The van der Waals surface area contributed by atoms with Crippen LogP contribution < -0.4 is 10.1 Å². The lowest BCUT2D eigenvalue weighted by atomic mass is 10.0. The minimum absolute atomic E-state index is 0.161. The summed E-state index contributed by atoms with van der Waals surface area (Å²) >= 11 is 3.31. The van der Waals surface area contributed by atoms with E-state index in [4.69, 9.17) is 0 Å². The van der Waals surface area contributed by atoms with Gasteiger partial charge in [-0.3, -0.25) is 0 Å². The van der Waals surface area contributed by atoms with E-state index in [1.807, 2.05) is 0 Å². The molecule has 2 N–H and O–H groups in total. The van der Waals surface area contributed by atoms with Crippen LogP contribution in [-0.4, -0.2) is 23.9 Å². The highest BCUT2D eigenvalue weighted by molar-refractivity contribution is 9.10. The molecule has 3 nitrogen and oxygen atoms in total. The van der Waals surface area contributed by atoms with Gasteiger partial charge in [-0.1, -0.05) is 28.8 Å². The zero-order chi connectivity index (χ0) is 14.6. The summed E-state index contributed by atoms with van der Waals surface area (Å²) in [7, 11) is 0. The van der Waals surface area contributed by atoms with Crippen LogP contribution >= 0.6 is 15.9 Å². The molecule has 0 spiro atoms. The van der Waals surface area contributed by atoms with Crippen molar-refractivity contribution in [2.75, 3.05) is 6.54 Å². The number of alkyl halides is 2. The van der Waals surface area contributed by atoms with E-state index in [-0.39, 0.29) is 5.75 Å². The third-order valence-electron chi connectivity index (χ3n) is 3.54. The number of benzene rings is 1. The van der Waals surface area contributed by atoms with Crippen molar-refractivity contribution in [1.82, 2.24) is 5.32 Å². The Morgan fingerprint density at radius 3 is 2.70 bits per heavy atom. The van der Waals surface area contributed by atoms with Crippen LogP contribution in [0.3, 0.4) is 0 Å². The summed E-state index contributed by atoms with van der Waals surface area (Å²) in [6, 6.07) is 4.91. The van der Waals surface area contributed by atoms with E-state index in [0.717, 1.165) is 30.2 Å². The predicted molar refractivity (Wildman–Crippen MR) is 75.9 cm³/mol. The minimum Gasteiger partial charge on any atom is -0.434 e. The van der Waals surface area contributed by atoms with Crippen molar-refractivity contribution in [1.29, 1.82) is 0 Å². The van der Waals surface area contributed by atoms with Gasteiger partial charge < -0.3 is 15.2 Å². The van der Waals surface area contributed by atoms with Crippen molar-refractivity contribution in [3.63, 3.8) is 0 Å². The van der Waals surface area contributed by atoms with Gasteiger partial charge in [0.25, 0.3) is 0 Å². The van der Waals surface area contributed by atoms with Gasteiger partial charge in [0.05, 0.1) is 5.60 Å². The summed E-state index contributed by atoms with van der Waals surface area (Å²) in [5.74, 6) is 0.161. The topological polar surface area (TPSA) is 41.5 Å². The molecule has 0 amide bonds. The maximum atomic E-state index is 12.3. The van der Waals surface area contributed by atoms with Crippen molar-refractivity contribution < 1.29 is 18.6 Å². The Morgan fingerprint density at radius 1 is 1.35 bits per heavy atom. The molecule has 0 bridgehead atoms. The Kier molecular flexibility index (Phi) is 5.35. The summed E-state index contributed by atoms with van der Waals surface area (Å²) in [4.78, 5) is 0. The monoisotopic (exact) mass is 349 g/mol. The summed E-state index contributed by atoms with van der Waals surface area (Å²) in [5.41, 5.74) is -0.0169. The quantitative estimate of drug-likeness (QED) is 0.826. The number of hydrogen-bond donors (Lipinski definition) is 2. The summed E-state index contributed by atoms with van der Waals surface area (Å²) < 4.78 is 30.0. The standard InChI is InChI=1S/C14H18BrF2NO2/c15-11-3-4-12(20-13(16)17)10(7-11)8-18-9-14(19)5-1-2-6-14/h3-4,7,13,18-19H,1-2,5-6,8-9H2. The van der Waals surface area contributed by atoms with Crippen LogP contribution in [-0.2, 0) is 6.54 Å². The first-order chi connectivity index (χ1) is 9.48. The zero-order valence-corrected chi connectivity index (χ0v) is 12.6. The van der Waals surface area contributed by atoms with E-state index in [1.54, 1.807) is 12.1 Å². The predicted octanol–water partition coefficient (Wildman–Crippen LogP) is 3.45. The molecule has 20 heavy (non-hydrogen) atoms. The fourth-order valence-electron chi connectivity index (χ4n) is 2.54. The highest BCUT2D eigenvalue weighted by Gasteiger charge is 2.30. The molecule has 1 saturated carbocycles. The van der Waals surface area contributed by atoms with Gasteiger partial charge in [0.1, 0.15) is 5.75 Å². The normalized spacial score (nSPS) is 17.6. The molecule has 1 aliphatic carbocycles. The molecule has 1 fully saturated rings. The van der Waals surface area contributed by atoms with Crippen LogP contribution in [0.15, 0.2) is 22.7 Å². The molecule has 0 heterocycles. The second-order valence-corrected chi connectivity index (χ2v) is 6.08. The molecule has 1 aromatic rings. The average molecular weight is 350 g/mol. The summed E-state index contributed by atoms with van der Waals surface area (Å²) in [5, 5.41) is 13.3. The first-order valence-electron chi connectivity index (χ1n) is 6.65. The maximum Gasteiger partial charge on any atom is 0.387 e. The van der Waals surface area contributed by atoms with Crippen molar-refractivity contribution in [2.45, 2.75) is 44.4 Å². The van der Waals surface area contributed by atoms with Crippen LogP contribution in [0.25, 0.3) is 0 Å². The molecule has 6 heteroatoms. The number of nitrogens with one attached hydrogen (secondary N) is 1.